The minimum Gasteiger partial charge on any atom is -0.312 e. The Kier molecular flexibility index (Phi) is 6.21. The van der Waals surface area contributed by atoms with Gasteiger partial charge in [-0.25, -0.2) is 13.6 Å². The monoisotopic (exact) mass is 449 g/mol. The van der Waals surface area contributed by atoms with Crippen molar-refractivity contribution in [3.05, 3.63) is 103 Å². The second-order valence-corrected chi connectivity index (χ2v) is 7.11. The summed E-state index contributed by atoms with van der Waals surface area (Å²) in [5.41, 5.74) is -0.489. The van der Waals surface area contributed by atoms with E-state index in [2.05, 4.69) is 21.2 Å². The first-order valence-electron chi connectivity index (χ1n) is 8.57. The first kappa shape index (κ1) is 20.2. The third kappa shape index (κ3) is 4.13. The van der Waals surface area contributed by atoms with Gasteiger partial charge in [-0.3, -0.25) is 13.9 Å². The standard InChI is InChI=1S/C20H18BrF2N3O2/c1-24-18(13-6-3-2-4-7-13)12-26-19(27)15(21)11-25(20(26)28)10-14-16(22)8-5-9-17(14)23/h2-9,11,18,24H,10,12H2,1H3/t18-/m0/s1. The Labute approximate surface area is 168 Å². The third-order valence-electron chi connectivity index (χ3n) is 4.50. The number of rotatable bonds is 6. The molecule has 0 radical (unpaired) electrons. The number of aromatic nitrogens is 2. The number of benzene rings is 2. The first-order valence-corrected chi connectivity index (χ1v) is 9.36. The summed E-state index contributed by atoms with van der Waals surface area (Å²) in [7, 11) is 1.73. The molecule has 1 atom stereocenters. The summed E-state index contributed by atoms with van der Waals surface area (Å²) in [5.74, 6) is -1.50. The van der Waals surface area contributed by atoms with Crippen LogP contribution >= 0.6 is 15.9 Å². The molecule has 0 bridgehead atoms. The van der Waals surface area contributed by atoms with Crippen LogP contribution in [0.1, 0.15) is 17.2 Å². The number of likely N-dealkylation sites (N-methyl/N-ethyl adjacent to an activating group) is 1. The number of hydrogen-bond donors (Lipinski definition) is 1. The summed E-state index contributed by atoms with van der Waals surface area (Å²) in [4.78, 5) is 25.4. The molecule has 8 heteroatoms. The van der Waals surface area contributed by atoms with E-state index in [0.717, 1.165) is 26.8 Å². The van der Waals surface area contributed by atoms with Gasteiger partial charge in [0.15, 0.2) is 0 Å². The number of nitrogens with zero attached hydrogens (tertiary/aromatic N) is 2. The van der Waals surface area contributed by atoms with Gasteiger partial charge >= 0.3 is 5.69 Å². The molecular weight excluding hydrogens is 432 g/mol. The Bertz CT molecular complexity index is 1080. The highest BCUT2D eigenvalue weighted by molar-refractivity contribution is 9.10. The van der Waals surface area contributed by atoms with Crippen molar-refractivity contribution in [3.63, 3.8) is 0 Å². The van der Waals surface area contributed by atoms with E-state index in [-0.39, 0.29) is 29.2 Å². The van der Waals surface area contributed by atoms with E-state index >= 15 is 0 Å². The Hall–Kier alpha value is -2.58. The average molecular weight is 450 g/mol. The lowest BCUT2D eigenvalue weighted by atomic mass is 10.1. The molecule has 0 saturated heterocycles. The molecule has 1 N–H and O–H groups in total. The lowest BCUT2D eigenvalue weighted by molar-refractivity contribution is 0.456. The van der Waals surface area contributed by atoms with Gasteiger partial charge in [0.25, 0.3) is 5.56 Å². The fourth-order valence-electron chi connectivity index (χ4n) is 2.98. The van der Waals surface area contributed by atoms with Crippen LogP contribution in [0.5, 0.6) is 0 Å². The van der Waals surface area contributed by atoms with Crippen LogP contribution in [0.25, 0.3) is 0 Å². The first-order chi connectivity index (χ1) is 13.4. The largest absolute Gasteiger partial charge is 0.331 e. The lowest BCUT2D eigenvalue weighted by Crippen LogP contribution is -2.42. The van der Waals surface area contributed by atoms with Crippen LogP contribution in [0.2, 0.25) is 0 Å². The van der Waals surface area contributed by atoms with Crippen LogP contribution in [0, 0.1) is 11.6 Å². The highest BCUT2D eigenvalue weighted by Crippen LogP contribution is 2.15. The molecule has 5 nitrogen and oxygen atoms in total. The Balaban J connectivity index is 2.03. The molecule has 1 heterocycles. The van der Waals surface area contributed by atoms with Gasteiger partial charge in [-0.05, 0) is 40.7 Å². The minimum absolute atomic E-state index is 0.0668. The zero-order valence-corrected chi connectivity index (χ0v) is 16.6. The van der Waals surface area contributed by atoms with Gasteiger partial charge in [0.1, 0.15) is 11.6 Å². The van der Waals surface area contributed by atoms with Gasteiger partial charge in [-0.15, -0.1) is 0 Å². The van der Waals surface area contributed by atoms with Crippen LogP contribution in [-0.4, -0.2) is 16.2 Å². The second kappa shape index (κ2) is 8.62. The summed E-state index contributed by atoms with van der Waals surface area (Å²) in [6.07, 6.45) is 1.25. The molecule has 0 fully saturated rings. The smallest absolute Gasteiger partial charge is 0.312 e. The van der Waals surface area contributed by atoms with E-state index in [1.807, 2.05) is 30.3 Å². The number of hydrogen-bond acceptors (Lipinski definition) is 3. The predicted octanol–water partition coefficient (Wildman–Crippen LogP) is 3.06. The molecule has 2 aromatic carbocycles. The third-order valence-corrected chi connectivity index (χ3v) is 5.04. The molecule has 28 heavy (non-hydrogen) atoms. The van der Waals surface area contributed by atoms with Crippen molar-refractivity contribution in [2.45, 2.75) is 19.1 Å². The normalized spacial score (nSPS) is 12.1. The quantitative estimate of drug-likeness (QED) is 0.629. The summed E-state index contributed by atoms with van der Waals surface area (Å²) in [6.45, 7) is -0.261. The van der Waals surface area contributed by atoms with E-state index in [1.165, 1.54) is 12.3 Å². The van der Waals surface area contributed by atoms with Crippen LogP contribution < -0.4 is 16.6 Å². The molecule has 0 amide bonds. The van der Waals surface area contributed by atoms with Gasteiger partial charge < -0.3 is 5.32 Å². The maximum atomic E-state index is 14.0. The highest BCUT2D eigenvalue weighted by atomic mass is 79.9. The maximum absolute atomic E-state index is 14.0. The van der Waals surface area contributed by atoms with E-state index in [9.17, 15) is 18.4 Å². The summed E-state index contributed by atoms with van der Waals surface area (Å²) in [5, 5.41) is 3.08. The van der Waals surface area contributed by atoms with E-state index < -0.39 is 22.9 Å². The van der Waals surface area contributed by atoms with Gasteiger partial charge in [0.2, 0.25) is 0 Å². The van der Waals surface area contributed by atoms with Gasteiger partial charge in [0.05, 0.1) is 23.6 Å². The Morgan fingerprint density at radius 1 is 1.04 bits per heavy atom. The molecule has 146 valence electrons. The summed E-state index contributed by atoms with van der Waals surface area (Å²) < 4.78 is 30.3. The molecule has 0 aliphatic carbocycles. The lowest BCUT2D eigenvalue weighted by Gasteiger charge is -2.19. The maximum Gasteiger partial charge on any atom is 0.331 e. The van der Waals surface area contributed by atoms with Crippen molar-refractivity contribution in [3.8, 4) is 0 Å². The fraction of sp³-hybridized carbons (Fsp3) is 0.200. The summed E-state index contributed by atoms with van der Waals surface area (Å²) >= 11 is 3.15. The molecule has 0 unspecified atom stereocenters. The van der Waals surface area contributed by atoms with Crippen molar-refractivity contribution in [1.82, 2.24) is 14.5 Å². The second-order valence-electron chi connectivity index (χ2n) is 6.26. The van der Waals surface area contributed by atoms with Crippen molar-refractivity contribution < 1.29 is 8.78 Å². The topological polar surface area (TPSA) is 56.0 Å². The molecule has 3 rings (SSSR count). The SMILES string of the molecule is CN[C@@H](Cn1c(=O)c(Br)cn(Cc2c(F)cccc2F)c1=O)c1ccccc1. The molecular formula is C20H18BrF2N3O2. The predicted molar refractivity (Wildman–Crippen MR) is 106 cm³/mol. The van der Waals surface area contributed by atoms with E-state index in [0.29, 0.717) is 0 Å². The number of nitrogens with one attached hydrogen (secondary N) is 1. The molecule has 0 spiro atoms. The van der Waals surface area contributed by atoms with Crippen molar-refractivity contribution in [1.29, 1.82) is 0 Å². The van der Waals surface area contributed by atoms with Crippen LogP contribution in [0.15, 0.2) is 68.8 Å². The van der Waals surface area contributed by atoms with Crippen molar-refractivity contribution in [2.24, 2.45) is 0 Å². The van der Waals surface area contributed by atoms with Crippen LogP contribution in [0.3, 0.4) is 0 Å². The van der Waals surface area contributed by atoms with Crippen LogP contribution in [-0.2, 0) is 13.1 Å². The molecule has 0 aliphatic rings. The van der Waals surface area contributed by atoms with Gasteiger partial charge in [-0.2, -0.15) is 0 Å². The molecule has 3 aromatic rings. The zero-order valence-electron chi connectivity index (χ0n) is 15.0. The van der Waals surface area contributed by atoms with Crippen LogP contribution in [0.4, 0.5) is 8.78 Å². The van der Waals surface area contributed by atoms with Crippen molar-refractivity contribution >= 4 is 15.9 Å². The fourth-order valence-corrected chi connectivity index (χ4v) is 3.44. The average Bonchev–Trinajstić information content (AvgIpc) is 2.69. The van der Waals surface area contributed by atoms with Crippen molar-refractivity contribution in [2.75, 3.05) is 7.05 Å². The minimum atomic E-state index is -0.752. The molecule has 1 aromatic heterocycles. The molecule has 0 saturated carbocycles. The highest BCUT2D eigenvalue weighted by Gasteiger charge is 2.17. The Morgan fingerprint density at radius 3 is 2.29 bits per heavy atom. The van der Waals surface area contributed by atoms with Gasteiger partial charge in [0, 0.05) is 11.8 Å². The zero-order chi connectivity index (χ0) is 20.3. The number of halogens is 3. The Morgan fingerprint density at radius 2 is 1.68 bits per heavy atom. The summed E-state index contributed by atoms with van der Waals surface area (Å²) in [6, 6.07) is 12.6. The molecule has 0 aliphatic heterocycles. The van der Waals surface area contributed by atoms with E-state index in [4.69, 9.17) is 0 Å². The van der Waals surface area contributed by atoms with Gasteiger partial charge in [-0.1, -0.05) is 36.4 Å². The van der Waals surface area contributed by atoms with E-state index in [1.54, 1.807) is 7.05 Å².